The molecule has 0 unspecified atom stereocenters. The van der Waals surface area contributed by atoms with E-state index in [0.29, 0.717) is 12.6 Å². The molecule has 1 saturated heterocycles. The third-order valence-corrected chi connectivity index (χ3v) is 6.82. The third kappa shape index (κ3) is 5.55. The van der Waals surface area contributed by atoms with Crippen LogP contribution in [0.15, 0.2) is 48.5 Å². The van der Waals surface area contributed by atoms with E-state index in [1.165, 1.54) is 25.7 Å². The standard InChI is InChI=1S/C27H34N2O2/c1-20-13-15-21(16-14-20)27(31)29-17-7-10-24(19-29)22-8-6-9-23(18-22)26(30)28-25-11-4-2-3-5-12-25/h6,8-9,13-16,18,24-25H,2-5,7,10-12,17,19H2,1H3,(H,28,30)/t24-/m1/s1. The Balaban J connectivity index is 1.42. The number of hydrogen-bond acceptors (Lipinski definition) is 2. The lowest BCUT2D eigenvalue weighted by Gasteiger charge is -2.33. The number of amides is 2. The van der Waals surface area contributed by atoms with Crippen LogP contribution in [0.1, 0.15) is 89.1 Å². The summed E-state index contributed by atoms with van der Waals surface area (Å²) in [7, 11) is 0. The molecule has 1 saturated carbocycles. The van der Waals surface area contributed by atoms with Gasteiger partial charge in [0.25, 0.3) is 11.8 Å². The molecule has 0 aromatic heterocycles. The average molecular weight is 419 g/mol. The number of carbonyl (C=O) groups excluding carboxylic acids is 2. The summed E-state index contributed by atoms with van der Waals surface area (Å²) in [6.07, 6.45) is 9.18. The molecule has 0 spiro atoms. The molecule has 2 aromatic rings. The van der Waals surface area contributed by atoms with Gasteiger partial charge in [0.05, 0.1) is 0 Å². The van der Waals surface area contributed by atoms with E-state index in [9.17, 15) is 9.59 Å². The smallest absolute Gasteiger partial charge is 0.253 e. The largest absolute Gasteiger partial charge is 0.349 e. The van der Waals surface area contributed by atoms with Crippen molar-refractivity contribution in [2.24, 2.45) is 0 Å². The quantitative estimate of drug-likeness (QED) is 0.670. The zero-order valence-electron chi connectivity index (χ0n) is 18.6. The van der Waals surface area contributed by atoms with Gasteiger partial charge in [-0.2, -0.15) is 0 Å². The minimum absolute atomic E-state index is 0.0390. The normalized spacial score (nSPS) is 20.2. The molecule has 1 aliphatic carbocycles. The Morgan fingerprint density at radius 3 is 2.35 bits per heavy atom. The molecule has 1 heterocycles. The van der Waals surface area contributed by atoms with Crippen molar-refractivity contribution in [1.29, 1.82) is 0 Å². The zero-order valence-corrected chi connectivity index (χ0v) is 18.6. The van der Waals surface area contributed by atoms with Crippen LogP contribution in [0.3, 0.4) is 0 Å². The van der Waals surface area contributed by atoms with Gasteiger partial charge in [-0.05, 0) is 62.4 Å². The summed E-state index contributed by atoms with van der Waals surface area (Å²) in [5.41, 5.74) is 3.81. The van der Waals surface area contributed by atoms with Crippen molar-refractivity contribution in [2.45, 2.75) is 70.3 Å². The van der Waals surface area contributed by atoms with Gasteiger partial charge in [0, 0.05) is 36.2 Å². The first kappa shape index (κ1) is 21.6. The van der Waals surface area contributed by atoms with Crippen LogP contribution in [0.2, 0.25) is 0 Å². The van der Waals surface area contributed by atoms with Gasteiger partial charge in [-0.1, -0.05) is 55.5 Å². The van der Waals surface area contributed by atoms with Crippen molar-refractivity contribution in [1.82, 2.24) is 10.2 Å². The summed E-state index contributed by atoms with van der Waals surface area (Å²) in [4.78, 5) is 27.8. The van der Waals surface area contributed by atoms with Crippen LogP contribution < -0.4 is 5.32 Å². The Morgan fingerprint density at radius 1 is 0.871 bits per heavy atom. The van der Waals surface area contributed by atoms with Gasteiger partial charge in [0.2, 0.25) is 0 Å². The average Bonchev–Trinajstić information content (AvgIpc) is 3.08. The Hall–Kier alpha value is -2.62. The molecule has 1 N–H and O–H groups in total. The molecule has 2 fully saturated rings. The van der Waals surface area contributed by atoms with Crippen LogP contribution in [0.5, 0.6) is 0 Å². The Kier molecular flexibility index (Phi) is 7.06. The third-order valence-electron chi connectivity index (χ3n) is 6.82. The van der Waals surface area contributed by atoms with Gasteiger partial charge >= 0.3 is 0 Å². The highest BCUT2D eigenvalue weighted by Gasteiger charge is 2.26. The molecule has 4 rings (SSSR count). The minimum Gasteiger partial charge on any atom is -0.349 e. The number of nitrogens with zero attached hydrogens (tertiary/aromatic N) is 1. The highest BCUT2D eigenvalue weighted by atomic mass is 16.2. The van der Waals surface area contributed by atoms with Crippen molar-refractivity contribution in [2.75, 3.05) is 13.1 Å². The first-order valence-corrected chi connectivity index (χ1v) is 11.9. The fraction of sp³-hybridized carbons (Fsp3) is 0.481. The second kappa shape index (κ2) is 10.1. The van der Waals surface area contributed by atoms with E-state index in [1.54, 1.807) is 0 Å². The van der Waals surface area contributed by atoms with Gasteiger partial charge in [0.1, 0.15) is 0 Å². The van der Waals surface area contributed by atoms with Gasteiger partial charge < -0.3 is 10.2 Å². The maximum atomic E-state index is 13.0. The highest BCUT2D eigenvalue weighted by molar-refractivity contribution is 5.95. The van der Waals surface area contributed by atoms with Gasteiger partial charge in [0.15, 0.2) is 0 Å². The lowest BCUT2D eigenvalue weighted by molar-refractivity contribution is 0.0706. The lowest BCUT2D eigenvalue weighted by atomic mass is 9.89. The number of likely N-dealkylation sites (tertiary alicyclic amines) is 1. The first-order chi connectivity index (χ1) is 15.1. The van der Waals surface area contributed by atoms with Crippen LogP contribution in [-0.2, 0) is 0 Å². The molecule has 164 valence electrons. The van der Waals surface area contributed by atoms with E-state index in [4.69, 9.17) is 0 Å². The minimum atomic E-state index is 0.0390. The summed E-state index contributed by atoms with van der Waals surface area (Å²) in [5, 5.41) is 3.25. The molecule has 0 radical (unpaired) electrons. The number of hydrogen-bond donors (Lipinski definition) is 1. The molecule has 31 heavy (non-hydrogen) atoms. The molecular formula is C27H34N2O2. The Labute approximate surface area is 186 Å². The zero-order chi connectivity index (χ0) is 21.6. The van der Waals surface area contributed by atoms with Crippen molar-refractivity contribution in [3.05, 3.63) is 70.8 Å². The van der Waals surface area contributed by atoms with Gasteiger partial charge in [-0.15, -0.1) is 0 Å². The number of piperidine rings is 1. The van der Waals surface area contributed by atoms with Crippen molar-refractivity contribution < 1.29 is 9.59 Å². The fourth-order valence-corrected chi connectivity index (χ4v) is 4.94. The van der Waals surface area contributed by atoms with E-state index in [2.05, 4.69) is 11.4 Å². The van der Waals surface area contributed by atoms with E-state index < -0.39 is 0 Å². The summed E-state index contributed by atoms with van der Waals surface area (Å²) in [5.74, 6) is 0.415. The molecule has 1 atom stereocenters. The number of nitrogens with one attached hydrogen (secondary N) is 1. The molecule has 0 bridgehead atoms. The molecule has 4 heteroatoms. The molecule has 4 nitrogen and oxygen atoms in total. The van der Waals surface area contributed by atoms with Gasteiger partial charge in [-0.3, -0.25) is 9.59 Å². The number of aryl methyl sites for hydroxylation is 1. The molecule has 2 amide bonds. The summed E-state index contributed by atoms with van der Waals surface area (Å²) >= 11 is 0. The van der Waals surface area contributed by atoms with Crippen molar-refractivity contribution in [3.63, 3.8) is 0 Å². The lowest BCUT2D eigenvalue weighted by Crippen LogP contribution is -2.39. The Bertz CT molecular complexity index is 898. The highest BCUT2D eigenvalue weighted by Crippen LogP contribution is 2.28. The number of carbonyl (C=O) groups is 2. The molecule has 2 aliphatic rings. The predicted molar refractivity (Wildman–Crippen MR) is 124 cm³/mol. The van der Waals surface area contributed by atoms with E-state index >= 15 is 0 Å². The van der Waals surface area contributed by atoms with Crippen LogP contribution in [0, 0.1) is 6.92 Å². The maximum Gasteiger partial charge on any atom is 0.253 e. The molecular weight excluding hydrogens is 384 g/mol. The van der Waals surface area contributed by atoms with Crippen LogP contribution >= 0.6 is 0 Å². The maximum absolute atomic E-state index is 13.0. The van der Waals surface area contributed by atoms with Crippen molar-refractivity contribution in [3.8, 4) is 0 Å². The predicted octanol–water partition coefficient (Wildman–Crippen LogP) is 5.47. The number of rotatable bonds is 4. The summed E-state index contributed by atoms with van der Waals surface area (Å²) < 4.78 is 0. The second-order valence-electron chi connectivity index (χ2n) is 9.24. The fourth-order valence-electron chi connectivity index (χ4n) is 4.94. The van der Waals surface area contributed by atoms with Gasteiger partial charge in [-0.25, -0.2) is 0 Å². The molecule has 2 aromatic carbocycles. The SMILES string of the molecule is Cc1ccc(C(=O)N2CCC[C@@H](c3cccc(C(=O)NC4CCCCCC4)c3)C2)cc1. The monoisotopic (exact) mass is 418 g/mol. The van der Waals surface area contributed by atoms with Crippen LogP contribution in [0.4, 0.5) is 0 Å². The van der Waals surface area contributed by atoms with E-state index in [0.717, 1.165) is 54.5 Å². The Morgan fingerprint density at radius 2 is 1.61 bits per heavy atom. The van der Waals surface area contributed by atoms with Crippen molar-refractivity contribution >= 4 is 11.8 Å². The molecule has 1 aliphatic heterocycles. The van der Waals surface area contributed by atoms with Crippen LogP contribution in [-0.4, -0.2) is 35.8 Å². The van der Waals surface area contributed by atoms with E-state index in [1.807, 2.05) is 54.3 Å². The first-order valence-electron chi connectivity index (χ1n) is 11.9. The van der Waals surface area contributed by atoms with E-state index in [-0.39, 0.29) is 17.7 Å². The topological polar surface area (TPSA) is 49.4 Å². The summed E-state index contributed by atoms with van der Waals surface area (Å²) in [6, 6.07) is 16.2. The second-order valence-corrected chi connectivity index (χ2v) is 9.24. The summed E-state index contributed by atoms with van der Waals surface area (Å²) in [6.45, 7) is 3.54. The van der Waals surface area contributed by atoms with Crippen LogP contribution in [0.25, 0.3) is 0 Å². The number of benzene rings is 2.